The lowest BCUT2D eigenvalue weighted by molar-refractivity contribution is -0.167. The second kappa shape index (κ2) is 3.53. The van der Waals surface area contributed by atoms with E-state index in [-0.39, 0.29) is 18.0 Å². The molecule has 13 heavy (non-hydrogen) atoms. The van der Waals surface area contributed by atoms with E-state index in [9.17, 15) is 0 Å². The third kappa shape index (κ3) is 1.59. The highest BCUT2D eigenvalue weighted by atomic mass is 16.8. The molecule has 1 saturated heterocycles. The van der Waals surface area contributed by atoms with Gasteiger partial charge in [0.15, 0.2) is 5.79 Å². The van der Waals surface area contributed by atoms with Gasteiger partial charge in [-0.3, -0.25) is 0 Å². The number of ether oxygens (including phenoxy) is 2. The fourth-order valence-corrected chi connectivity index (χ4v) is 2.28. The summed E-state index contributed by atoms with van der Waals surface area (Å²) < 4.78 is 11.7. The van der Waals surface area contributed by atoms with Crippen LogP contribution in [0.1, 0.15) is 25.7 Å². The summed E-state index contributed by atoms with van der Waals surface area (Å²) in [5, 5.41) is 0. The molecule has 0 aromatic heterocycles. The molecular formula is C9H18N2O2. The topological polar surface area (TPSA) is 70.5 Å². The Balaban J connectivity index is 2.03. The molecule has 2 aliphatic rings. The quantitative estimate of drug-likeness (QED) is 0.634. The van der Waals surface area contributed by atoms with E-state index in [1.807, 2.05) is 0 Å². The van der Waals surface area contributed by atoms with Crippen molar-refractivity contribution in [1.29, 1.82) is 0 Å². The van der Waals surface area contributed by atoms with Crippen LogP contribution in [0.25, 0.3) is 0 Å². The first kappa shape index (κ1) is 9.40. The molecule has 1 saturated carbocycles. The van der Waals surface area contributed by atoms with E-state index in [0.717, 1.165) is 12.8 Å². The van der Waals surface area contributed by atoms with Crippen LogP contribution in [-0.2, 0) is 9.47 Å². The number of hydrogen-bond acceptors (Lipinski definition) is 4. The van der Waals surface area contributed by atoms with Gasteiger partial charge >= 0.3 is 0 Å². The van der Waals surface area contributed by atoms with Crippen LogP contribution in [0.15, 0.2) is 0 Å². The summed E-state index contributed by atoms with van der Waals surface area (Å²) in [6, 6.07) is 0. The predicted molar refractivity (Wildman–Crippen MR) is 49.1 cm³/mol. The molecule has 2 fully saturated rings. The zero-order chi connectivity index (χ0) is 9.31. The molecule has 0 aromatic carbocycles. The molecule has 1 heterocycles. The second-order valence-electron chi connectivity index (χ2n) is 3.90. The van der Waals surface area contributed by atoms with Gasteiger partial charge in [-0.25, -0.2) is 0 Å². The van der Waals surface area contributed by atoms with Gasteiger partial charge in [0.05, 0.1) is 0 Å². The van der Waals surface area contributed by atoms with Crippen LogP contribution >= 0.6 is 0 Å². The summed E-state index contributed by atoms with van der Waals surface area (Å²) in [5.41, 5.74) is 11.2. The summed E-state index contributed by atoms with van der Waals surface area (Å²) in [4.78, 5) is 0. The maximum Gasteiger partial charge on any atom is 0.169 e. The van der Waals surface area contributed by atoms with E-state index >= 15 is 0 Å². The molecule has 1 aliphatic carbocycles. The van der Waals surface area contributed by atoms with Crippen molar-refractivity contribution in [2.45, 2.75) is 43.7 Å². The highest BCUT2D eigenvalue weighted by molar-refractivity contribution is 4.90. The fourth-order valence-electron chi connectivity index (χ4n) is 2.28. The molecule has 2 rings (SSSR count). The van der Waals surface area contributed by atoms with Crippen LogP contribution in [0.2, 0.25) is 0 Å². The highest BCUT2D eigenvalue weighted by Crippen LogP contribution is 2.41. The molecule has 4 N–H and O–H groups in total. The second-order valence-corrected chi connectivity index (χ2v) is 3.90. The van der Waals surface area contributed by atoms with Gasteiger partial charge in [0.1, 0.15) is 12.2 Å². The minimum Gasteiger partial charge on any atom is -0.343 e. The molecule has 0 radical (unpaired) electrons. The van der Waals surface area contributed by atoms with Crippen LogP contribution in [-0.4, -0.2) is 31.1 Å². The van der Waals surface area contributed by atoms with Crippen molar-refractivity contribution in [2.24, 2.45) is 11.5 Å². The zero-order valence-electron chi connectivity index (χ0n) is 7.87. The minimum absolute atomic E-state index is 0.00287. The molecule has 0 aromatic rings. The predicted octanol–water partition coefficient (Wildman–Crippen LogP) is -0.0419. The summed E-state index contributed by atoms with van der Waals surface area (Å²) in [6.45, 7) is 1.01. The molecule has 4 heteroatoms. The van der Waals surface area contributed by atoms with E-state index in [4.69, 9.17) is 20.9 Å². The largest absolute Gasteiger partial charge is 0.343 e. The maximum atomic E-state index is 5.84. The Morgan fingerprint density at radius 2 is 1.46 bits per heavy atom. The SMILES string of the molecule is NC[C@H]1OC2(CCCC2)O[C@@H]1CN. The first-order valence-corrected chi connectivity index (χ1v) is 5.05. The van der Waals surface area contributed by atoms with Crippen LogP contribution < -0.4 is 11.5 Å². The summed E-state index contributed by atoms with van der Waals surface area (Å²) >= 11 is 0. The Bertz CT molecular complexity index is 166. The average molecular weight is 186 g/mol. The third-order valence-corrected chi connectivity index (χ3v) is 2.98. The first-order valence-electron chi connectivity index (χ1n) is 5.05. The Morgan fingerprint density at radius 1 is 1.00 bits per heavy atom. The molecule has 2 atom stereocenters. The van der Waals surface area contributed by atoms with Gasteiger partial charge in [0.2, 0.25) is 0 Å². The minimum atomic E-state index is -0.325. The zero-order valence-corrected chi connectivity index (χ0v) is 7.87. The molecule has 0 bridgehead atoms. The van der Waals surface area contributed by atoms with E-state index in [1.165, 1.54) is 12.8 Å². The van der Waals surface area contributed by atoms with Crippen molar-refractivity contribution >= 4 is 0 Å². The monoisotopic (exact) mass is 186 g/mol. The van der Waals surface area contributed by atoms with E-state index < -0.39 is 0 Å². The van der Waals surface area contributed by atoms with Crippen LogP contribution in [0.3, 0.4) is 0 Å². The van der Waals surface area contributed by atoms with Gasteiger partial charge in [-0.1, -0.05) is 0 Å². The standard InChI is InChI=1S/C9H18N2O2/c10-5-7-8(6-11)13-9(12-7)3-1-2-4-9/h7-8H,1-6,10-11H2/t7-,8-/m1/s1. The van der Waals surface area contributed by atoms with Crippen molar-refractivity contribution in [3.63, 3.8) is 0 Å². The highest BCUT2D eigenvalue weighted by Gasteiger charge is 2.47. The first-order chi connectivity index (χ1) is 6.29. The summed E-state index contributed by atoms with van der Waals surface area (Å²) in [7, 11) is 0. The van der Waals surface area contributed by atoms with E-state index in [0.29, 0.717) is 13.1 Å². The van der Waals surface area contributed by atoms with Gasteiger partial charge in [-0.2, -0.15) is 0 Å². The lowest BCUT2D eigenvalue weighted by Crippen LogP contribution is -2.35. The lowest BCUT2D eigenvalue weighted by atomic mass is 10.2. The summed E-state index contributed by atoms with van der Waals surface area (Å²) in [5.74, 6) is -0.325. The van der Waals surface area contributed by atoms with Crippen molar-refractivity contribution in [2.75, 3.05) is 13.1 Å². The molecule has 1 spiro atoms. The van der Waals surface area contributed by atoms with Crippen molar-refractivity contribution in [3.8, 4) is 0 Å². The van der Waals surface area contributed by atoms with E-state index in [2.05, 4.69) is 0 Å². The van der Waals surface area contributed by atoms with Crippen molar-refractivity contribution in [1.82, 2.24) is 0 Å². The molecule has 0 amide bonds. The Labute approximate surface area is 78.6 Å². The van der Waals surface area contributed by atoms with E-state index in [1.54, 1.807) is 0 Å². The normalized spacial score (nSPS) is 37.4. The molecule has 76 valence electrons. The van der Waals surface area contributed by atoms with Gasteiger partial charge in [-0.05, 0) is 12.8 Å². The van der Waals surface area contributed by atoms with Crippen molar-refractivity contribution < 1.29 is 9.47 Å². The lowest BCUT2D eigenvalue weighted by Gasteiger charge is -2.21. The van der Waals surface area contributed by atoms with Crippen LogP contribution in [0.4, 0.5) is 0 Å². The van der Waals surface area contributed by atoms with Gasteiger partial charge < -0.3 is 20.9 Å². The summed E-state index contributed by atoms with van der Waals surface area (Å²) in [6.07, 6.45) is 4.38. The Hall–Kier alpha value is -0.160. The molecule has 4 nitrogen and oxygen atoms in total. The average Bonchev–Trinajstić information content (AvgIpc) is 2.74. The smallest absolute Gasteiger partial charge is 0.169 e. The van der Waals surface area contributed by atoms with Crippen LogP contribution in [0.5, 0.6) is 0 Å². The third-order valence-electron chi connectivity index (χ3n) is 2.98. The molecule has 0 unspecified atom stereocenters. The Kier molecular flexibility index (Phi) is 2.55. The molecule has 1 aliphatic heterocycles. The number of nitrogens with two attached hydrogens (primary N) is 2. The molecular weight excluding hydrogens is 168 g/mol. The van der Waals surface area contributed by atoms with Gasteiger partial charge in [-0.15, -0.1) is 0 Å². The maximum absolute atomic E-state index is 5.84. The fraction of sp³-hybridized carbons (Fsp3) is 1.00. The van der Waals surface area contributed by atoms with Gasteiger partial charge in [0.25, 0.3) is 0 Å². The number of rotatable bonds is 2. The van der Waals surface area contributed by atoms with Crippen molar-refractivity contribution in [3.05, 3.63) is 0 Å². The van der Waals surface area contributed by atoms with Gasteiger partial charge in [0, 0.05) is 25.9 Å². The number of hydrogen-bond donors (Lipinski definition) is 2. The Morgan fingerprint density at radius 3 is 1.85 bits per heavy atom. The van der Waals surface area contributed by atoms with Crippen LogP contribution in [0, 0.1) is 0 Å².